The third-order valence-electron chi connectivity index (χ3n) is 3.51. The van der Waals surface area contributed by atoms with Crippen LogP contribution >= 0.6 is 0 Å². The molecule has 0 heterocycles. The zero-order chi connectivity index (χ0) is 12.8. The first-order chi connectivity index (χ1) is 8.83. The van der Waals surface area contributed by atoms with Crippen molar-refractivity contribution in [3.05, 3.63) is 35.4 Å². The van der Waals surface area contributed by atoms with Crippen molar-refractivity contribution in [3.8, 4) is 0 Å². The van der Waals surface area contributed by atoms with E-state index in [1.54, 1.807) is 0 Å². The molecule has 0 saturated heterocycles. The van der Waals surface area contributed by atoms with Crippen LogP contribution in [0.25, 0.3) is 0 Å². The number of hydrogen-bond donors (Lipinski definition) is 1. The van der Waals surface area contributed by atoms with Crippen LogP contribution in [0, 0.1) is 0 Å². The molecule has 1 aliphatic rings. The van der Waals surface area contributed by atoms with Crippen LogP contribution in [0.2, 0.25) is 0 Å². The van der Waals surface area contributed by atoms with E-state index in [0.29, 0.717) is 13.2 Å². The third kappa shape index (κ3) is 3.31. The van der Waals surface area contributed by atoms with Crippen LogP contribution in [0.5, 0.6) is 0 Å². The minimum atomic E-state index is -0.00896. The summed E-state index contributed by atoms with van der Waals surface area (Å²) in [7, 11) is 0. The van der Waals surface area contributed by atoms with Crippen molar-refractivity contribution in [1.82, 2.24) is 0 Å². The molecule has 0 saturated carbocycles. The summed E-state index contributed by atoms with van der Waals surface area (Å²) in [5.41, 5.74) is 8.96. The van der Waals surface area contributed by atoms with E-state index < -0.39 is 0 Å². The molecule has 3 heteroatoms. The number of ether oxygens (including phenoxy) is 2. The monoisotopic (exact) mass is 249 g/mol. The van der Waals surface area contributed by atoms with Gasteiger partial charge in [0.2, 0.25) is 0 Å². The predicted octanol–water partition coefficient (Wildman–Crippen LogP) is 2.44. The number of benzene rings is 1. The van der Waals surface area contributed by atoms with Crippen molar-refractivity contribution in [2.24, 2.45) is 5.73 Å². The second-order valence-corrected chi connectivity index (χ2v) is 4.72. The Morgan fingerprint density at radius 2 is 2.11 bits per heavy atom. The summed E-state index contributed by atoms with van der Waals surface area (Å²) >= 11 is 0. The van der Waals surface area contributed by atoms with Crippen molar-refractivity contribution < 1.29 is 9.47 Å². The Kier molecular flexibility index (Phi) is 5.17. The van der Waals surface area contributed by atoms with E-state index >= 15 is 0 Å². The second kappa shape index (κ2) is 6.88. The van der Waals surface area contributed by atoms with Crippen LogP contribution in [-0.4, -0.2) is 25.9 Å². The molecule has 0 spiro atoms. The smallest absolute Gasteiger partial charge is 0.0769 e. The molecule has 3 nitrogen and oxygen atoms in total. The van der Waals surface area contributed by atoms with Crippen LogP contribution < -0.4 is 5.73 Å². The molecule has 2 atom stereocenters. The SMILES string of the molecule is CCOCCOC1CCCc2ccccc2C1N. The highest BCUT2D eigenvalue weighted by molar-refractivity contribution is 5.31. The Bertz CT molecular complexity index is 367. The summed E-state index contributed by atoms with van der Waals surface area (Å²) in [6.07, 6.45) is 3.40. The molecule has 1 aromatic carbocycles. The highest BCUT2D eigenvalue weighted by atomic mass is 16.5. The van der Waals surface area contributed by atoms with Gasteiger partial charge in [0.05, 0.1) is 25.4 Å². The van der Waals surface area contributed by atoms with Crippen molar-refractivity contribution in [2.75, 3.05) is 19.8 Å². The molecular weight excluding hydrogens is 226 g/mol. The van der Waals surface area contributed by atoms with Crippen LogP contribution in [0.4, 0.5) is 0 Å². The lowest BCUT2D eigenvalue weighted by molar-refractivity contribution is -0.00726. The molecule has 1 aromatic rings. The van der Waals surface area contributed by atoms with E-state index in [1.807, 2.05) is 6.92 Å². The summed E-state index contributed by atoms with van der Waals surface area (Å²) in [6.45, 7) is 4.02. The van der Waals surface area contributed by atoms with Gasteiger partial charge in [0, 0.05) is 6.61 Å². The first kappa shape index (κ1) is 13.5. The average molecular weight is 249 g/mol. The van der Waals surface area contributed by atoms with Crippen LogP contribution in [0.1, 0.15) is 36.9 Å². The van der Waals surface area contributed by atoms with Gasteiger partial charge in [-0.15, -0.1) is 0 Å². The lowest BCUT2D eigenvalue weighted by Gasteiger charge is -2.23. The maximum atomic E-state index is 6.34. The van der Waals surface area contributed by atoms with Gasteiger partial charge in [0.25, 0.3) is 0 Å². The van der Waals surface area contributed by atoms with E-state index in [9.17, 15) is 0 Å². The van der Waals surface area contributed by atoms with E-state index in [-0.39, 0.29) is 12.1 Å². The molecule has 1 aliphatic carbocycles. The molecule has 0 amide bonds. The van der Waals surface area contributed by atoms with Crippen LogP contribution in [0.3, 0.4) is 0 Å². The molecule has 0 fully saturated rings. The molecule has 100 valence electrons. The minimum Gasteiger partial charge on any atom is -0.379 e. The first-order valence-corrected chi connectivity index (χ1v) is 6.85. The number of nitrogens with two attached hydrogens (primary N) is 1. The molecule has 2 unspecified atom stereocenters. The summed E-state index contributed by atoms with van der Waals surface area (Å²) in [5.74, 6) is 0. The Morgan fingerprint density at radius 1 is 1.28 bits per heavy atom. The zero-order valence-corrected chi connectivity index (χ0v) is 11.1. The first-order valence-electron chi connectivity index (χ1n) is 6.85. The summed E-state index contributed by atoms with van der Waals surface area (Å²) in [4.78, 5) is 0. The van der Waals surface area contributed by atoms with Gasteiger partial charge in [-0.2, -0.15) is 0 Å². The van der Waals surface area contributed by atoms with Crippen molar-refractivity contribution in [1.29, 1.82) is 0 Å². The fourth-order valence-corrected chi connectivity index (χ4v) is 2.55. The van der Waals surface area contributed by atoms with E-state index in [1.165, 1.54) is 11.1 Å². The lowest BCUT2D eigenvalue weighted by atomic mass is 9.98. The quantitative estimate of drug-likeness (QED) is 0.644. The van der Waals surface area contributed by atoms with E-state index in [0.717, 1.165) is 25.9 Å². The summed E-state index contributed by atoms with van der Waals surface area (Å²) in [5, 5.41) is 0. The predicted molar refractivity (Wildman–Crippen MR) is 72.5 cm³/mol. The molecular formula is C15H23NO2. The van der Waals surface area contributed by atoms with Crippen molar-refractivity contribution in [3.63, 3.8) is 0 Å². The van der Waals surface area contributed by atoms with Gasteiger partial charge in [-0.25, -0.2) is 0 Å². The normalized spacial score (nSPS) is 23.4. The van der Waals surface area contributed by atoms with Gasteiger partial charge in [-0.05, 0) is 37.3 Å². The van der Waals surface area contributed by atoms with Gasteiger partial charge in [0.15, 0.2) is 0 Å². The van der Waals surface area contributed by atoms with Gasteiger partial charge in [-0.1, -0.05) is 24.3 Å². The molecule has 2 N–H and O–H groups in total. The molecule has 2 rings (SSSR count). The Balaban J connectivity index is 1.97. The fraction of sp³-hybridized carbons (Fsp3) is 0.600. The summed E-state index contributed by atoms with van der Waals surface area (Å²) in [6, 6.07) is 8.44. The topological polar surface area (TPSA) is 44.5 Å². The average Bonchev–Trinajstić information content (AvgIpc) is 2.56. The minimum absolute atomic E-state index is 0.00896. The fourth-order valence-electron chi connectivity index (χ4n) is 2.55. The number of hydrogen-bond acceptors (Lipinski definition) is 3. The van der Waals surface area contributed by atoms with Crippen LogP contribution in [-0.2, 0) is 15.9 Å². The van der Waals surface area contributed by atoms with Crippen molar-refractivity contribution >= 4 is 0 Å². The van der Waals surface area contributed by atoms with E-state index in [2.05, 4.69) is 24.3 Å². The van der Waals surface area contributed by atoms with Gasteiger partial charge in [0.1, 0.15) is 0 Å². The highest BCUT2D eigenvalue weighted by Crippen LogP contribution is 2.28. The molecule has 0 aliphatic heterocycles. The molecule has 18 heavy (non-hydrogen) atoms. The third-order valence-corrected chi connectivity index (χ3v) is 3.51. The number of fused-ring (bicyclic) bond motifs is 1. The molecule has 0 aromatic heterocycles. The van der Waals surface area contributed by atoms with Gasteiger partial charge < -0.3 is 15.2 Å². The van der Waals surface area contributed by atoms with E-state index in [4.69, 9.17) is 15.2 Å². The van der Waals surface area contributed by atoms with Gasteiger partial charge in [-0.3, -0.25) is 0 Å². The summed E-state index contributed by atoms with van der Waals surface area (Å²) < 4.78 is 11.2. The highest BCUT2D eigenvalue weighted by Gasteiger charge is 2.24. The second-order valence-electron chi connectivity index (χ2n) is 4.72. The lowest BCUT2D eigenvalue weighted by Crippen LogP contribution is -2.29. The van der Waals surface area contributed by atoms with Crippen LogP contribution in [0.15, 0.2) is 24.3 Å². The van der Waals surface area contributed by atoms with Gasteiger partial charge >= 0.3 is 0 Å². The standard InChI is InChI=1S/C15H23NO2/c1-2-17-10-11-18-14-9-5-7-12-6-3-4-8-13(12)15(14)16/h3-4,6,8,14-15H,2,5,7,9-11,16H2,1H3. The zero-order valence-electron chi connectivity index (χ0n) is 11.1. The Morgan fingerprint density at radius 3 is 2.94 bits per heavy atom. The molecule has 0 radical (unpaired) electrons. The maximum Gasteiger partial charge on any atom is 0.0769 e. The molecule has 0 bridgehead atoms. The Labute approximate surface area is 109 Å². The number of aryl methyl sites for hydroxylation is 1. The maximum absolute atomic E-state index is 6.34. The number of rotatable bonds is 5. The largest absolute Gasteiger partial charge is 0.379 e. The van der Waals surface area contributed by atoms with Crippen molar-refractivity contribution in [2.45, 2.75) is 38.3 Å². The Hall–Kier alpha value is -0.900.